The van der Waals surface area contributed by atoms with Crippen molar-refractivity contribution in [2.24, 2.45) is 0 Å². The Bertz CT molecular complexity index is 426. The Morgan fingerprint density at radius 2 is 1.84 bits per heavy atom. The number of carbonyl (C=O) groups excluding carboxylic acids is 1. The standard InChI is InChI=1S/C15H21NO3/c1-3-5-6-13(15(18)19)16-14(17)12-9-7-11(4-2)8-10-12/h7-10,13H,3-6H2,1-2H3,(H,16,17)(H,18,19)/t13-/m0/s1. The van der Waals surface area contributed by atoms with Gasteiger partial charge in [0.1, 0.15) is 6.04 Å². The average molecular weight is 263 g/mol. The number of hydrogen-bond donors (Lipinski definition) is 2. The Morgan fingerprint density at radius 1 is 1.21 bits per heavy atom. The molecule has 1 aromatic rings. The summed E-state index contributed by atoms with van der Waals surface area (Å²) in [5, 5.41) is 11.6. The van der Waals surface area contributed by atoms with Gasteiger partial charge in [0.15, 0.2) is 0 Å². The zero-order chi connectivity index (χ0) is 14.3. The van der Waals surface area contributed by atoms with Crippen molar-refractivity contribution in [1.82, 2.24) is 5.32 Å². The molecule has 0 aliphatic rings. The summed E-state index contributed by atoms with van der Waals surface area (Å²) in [4.78, 5) is 23.0. The van der Waals surface area contributed by atoms with E-state index in [0.29, 0.717) is 12.0 Å². The molecule has 4 heteroatoms. The Labute approximate surface area is 113 Å². The average Bonchev–Trinajstić information content (AvgIpc) is 2.43. The van der Waals surface area contributed by atoms with Crippen molar-refractivity contribution >= 4 is 11.9 Å². The minimum absolute atomic E-state index is 0.328. The van der Waals surface area contributed by atoms with E-state index in [1.165, 1.54) is 0 Å². The molecule has 2 N–H and O–H groups in total. The second-order valence-electron chi connectivity index (χ2n) is 4.56. The van der Waals surface area contributed by atoms with Crippen LogP contribution in [0.3, 0.4) is 0 Å². The maximum absolute atomic E-state index is 11.9. The third-order valence-electron chi connectivity index (χ3n) is 3.07. The molecule has 1 amide bonds. The number of hydrogen-bond acceptors (Lipinski definition) is 2. The zero-order valence-corrected chi connectivity index (χ0v) is 11.5. The number of amides is 1. The molecule has 0 saturated heterocycles. The first kappa shape index (κ1) is 15.2. The lowest BCUT2D eigenvalue weighted by Gasteiger charge is -2.14. The summed E-state index contributed by atoms with van der Waals surface area (Å²) in [6.45, 7) is 4.03. The van der Waals surface area contributed by atoms with E-state index < -0.39 is 12.0 Å². The van der Waals surface area contributed by atoms with Crippen molar-refractivity contribution in [3.8, 4) is 0 Å². The first-order chi connectivity index (χ1) is 9.08. The van der Waals surface area contributed by atoms with E-state index in [2.05, 4.69) is 5.32 Å². The fourth-order valence-electron chi connectivity index (χ4n) is 1.80. The normalized spacial score (nSPS) is 11.9. The van der Waals surface area contributed by atoms with Gasteiger partial charge < -0.3 is 10.4 Å². The Kier molecular flexibility index (Phi) is 6.06. The van der Waals surface area contributed by atoms with Crippen LogP contribution in [0.4, 0.5) is 0 Å². The van der Waals surface area contributed by atoms with Crippen molar-refractivity contribution in [1.29, 1.82) is 0 Å². The molecular weight excluding hydrogens is 242 g/mol. The van der Waals surface area contributed by atoms with E-state index in [0.717, 1.165) is 24.8 Å². The first-order valence-corrected chi connectivity index (χ1v) is 6.71. The van der Waals surface area contributed by atoms with E-state index in [9.17, 15) is 9.59 Å². The van der Waals surface area contributed by atoms with Crippen LogP contribution in [0, 0.1) is 0 Å². The van der Waals surface area contributed by atoms with Gasteiger partial charge in [-0.05, 0) is 30.5 Å². The molecular formula is C15H21NO3. The number of carboxylic acid groups (broad SMARTS) is 1. The summed E-state index contributed by atoms with van der Waals surface area (Å²) in [6, 6.07) is 6.42. The number of unbranched alkanes of at least 4 members (excludes halogenated alkanes) is 1. The maximum atomic E-state index is 11.9. The van der Waals surface area contributed by atoms with Crippen LogP contribution in [0.15, 0.2) is 24.3 Å². The monoisotopic (exact) mass is 263 g/mol. The van der Waals surface area contributed by atoms with Crippen LogP contribution in [0.2, 0.25) is 0 Å². The summed E-state index contributed by atoms with van der Waals surface area (Å²) in [5.74, 6) is -1.31. The lowest BCUT2D eigenvalue weighted by molar-refractivity contribution is -0.139. The summed E-state index contributed by atoms with van der Waals surface area (Å²) >= 11 is 0. The van der Waals surface area contributed by atoms with Crippen LogP contribution in [0.1, 0.15) is 49.0 Å². The highest BCUT2D eigenvalue weighted by atomic mass is 16.4. The van der Waals surface area contributed by atoms with E-state index in [-0.39, 0.29) is 5.91 Å². The van der Waals surface area contributed by atoms with Crippen molar-refractivity contribution in [3.63, 3.8) is 0 Å². The molecule has 0 radical (unpaired) electrons. The van der Waals surface area contributed by atoms with Crippen molar-refractivity contribution in [2.75, 3.05) is 0 Å². The first-order valence-electron chi connectivity index (χ1n) is 6.71. The molecule has 19 heavy (non-hydrogen) atoms. The molecule has 0 aliphatic heterocycles. The van der Waals surface area contributed by atoms with E-state index in [1.54, 1.807) is 12.1 Å². The van der Waals surface area contributed by atoms with Gasteiger partial charge in [0.2, 0.25) is 0 Å². The summed E-state index contributed by atoms with van der Waals surface area (Å²) in [7, 11) is 0. The van der Waals surface area contributed by atoms with Gasteiger partial charge in [-0.15, -0.1) is 0 Å². The van der Waals surface area contributed by atoms with Crippen LogP contribution in [0.25, 0.3) is 0 Å². The summed E-state index contributed by atoms with van der Waals surface area (Å²) < 4.78 is 0. The number of nitrogens with one attached hydrogen (secondary N) is 1. The van der Waals surface area contributed by atoms with Gasteiger partial charge in [-0.3, -0.25) is 4.79 Å². The van der Waals surface area contributed by atoms with Gasteiger partial charge in [0, 0.05) is 5.56 Å². The van der Waals surface area contributed by atoms with Crippen molar-refractivity contribution in [3.05, 3.63) is 35.4 Å². The van der Waals surface area contributed by atoms with E-state index in [1.807, 2.05) is 26.0 Å². The molecule has 104 valence electrons. The Morgan fingerprint density at radius 3 is 2.32 bits per heavy atom. The van der Waals surface area contributed by atoms with Gasteiger partial charge in [-0.1, -0.05) is 38.8 Å². The number of benzene rings is 1. The predicted octanol–water partition coefficient (Wildman–Crippen LogP) is 2.62. The molecule has 1 rings (SSSR count). The second-order valence-corrected chi connectivity index (χ2v) is 4.56. The lowest BCUT2D eigenvalue weighted by Crippen LogP contribution is -2.40. The van der Waals surface area contributed by atoms with Gasteiger partial charge in [-0.25, -0.2) is 4.79 Å². The van der Waals surface area contributed by atoms with Crippen LogP contribution in [-0.4, -0.2) is 23.0 Å². The van der Waals surface area contributed by atoms with Gasteiger partial charge in [0.05, 0.1) is 0 Å². The second kappa shape index (κ2) is 7.56. The molecule has 0 saturated carbocycles. The van der Waals surface area contributed by atoms with Gasteiger partial charge in [-0.2, -0.15) is 0 Å². The van der Waals surface area contributed by atoms with E-state index >= 15 is 0 Å². The molecule has 0 heterocycles. The zero-order valence-electron chi connectivity index (χ0n) is 11.5. The fourth-order valence-corrected chi connectivity index (χ4v) is 1.80. The minimum Gasteiger partial charge on any atom is -0.480 e. The molecule has 1 aromatic carbocycles. The number of carbonyl (C=O) groups is 2. The van der Waals surface area contributed by atoms with Crippen LogP contribution >= 0.6 is 0 Å². The lowest BCUT2D eigenvalue weighted by atomic mass is 10.1. The number of aryl methyl sites for hydroxylation is 1. The van der Waals surface area contributed by atoms with Crippen molar-refractivity contribution < 1.29 is 14.7 Å². The molecule has 0 fully saturated rings. The van der Waals surface area contributed by atoms with Crippen LogP contribution < -0.4 is 5.32 Å². The predicted molar refractivity (Wildman–Crippen MR) is 74.2 cm³/mol. The highest BCUT2D eigenvalue weighted by Crippen LogP contribution is 2.07. The summed E-state index contributed by atoms with van der Waals surface area (Å²) in [6.07, 6.45) is 3.07. The molecule has 0 spiro atoms. The molecule has 1 atom stereocenters. The molecule has 0 unspecified atom stereocenters. The maximum Gasteiger partial charge on any atom is 0.326 e. The third-order valence-corrected chi connectivity index (χ3v) is 3.07. The highest BCUT2D eigenvalue weighted by Gasteiger charge is 2.19. The van der Waals surface area contributed by atoms with E-state index in [4.69, 9.17) is 5.11 Å². The smallest absolute Gasteiger partial charge is 0.326 e. The number of carboxylic acids is 1. The topological polar surface area (TPSA) is 66.4 Å². The minimum atomic E-state index is -0.980. The van der Waals surface area contributed by atoms with Crippen molar-refractivity contribution in [2.45, 2.75) is 45.6 Å². The summed E-state index contributed by atoms with van der Waals surface area (Å²) in [5.41, 5.74) is 1.65. The third kappa shape index (κ3) is 4.73. The molecule has 0 aliphatic carbocycles. The molecule has 0 aromatic heterocycles. The molecule has 0 bridgehead atoms. The van der Waals surface area contributed by atoms with Crippen LogP contribution in [-0.2, 0) is 11.2 Å². The van der Waals surface area contributed by atoms with Gasteiger partial charge in [0.25, 0.3) is 5.91 Å². The SMILES string of the molecule is CCCC[C@H](NC(=O)c1ccc(CC)cc1)C(=O)O. The number of rotatable bonds is 7. The fraction of sp³-hybridized carbons (Fsp3) is 0.467. The van der Waals surface area contributed by atoms with Crippen LogP contribution in [0.5, 0.6) is 0 Å². The van der Waals surface area contributed by atoms with Gasteiger partial charge >= 0.3 is 5.97 Å². The largest absolute Gasteiger partial charge is 0.480 e. The molecule has 4 nitrogen and oxygen atoms in total. The number of aliphatic carboxylic acids is 1. The quantitative estimate of drug-likeness (QED) is 0.794. The Balaban J connectivity index is 2.67. The Hall–Kier alpha value is -1.84. The highest BCUT2D eigenvalue weighted by molar-refractivity contribution is 5.96.